The SMILES string of the molecule is CC1CCN(C(=O)c2ccc(NC(C)c3ccccn3)nc2)CC1. The van der Waals surface area contributed by atoms with Gasteiger partial charge in [-0.15, -0.1) is 0 Å². The number of carbonyl (C=O) groups is 1. The molecule has 0 spiro atoms. The molecule has 2 aromatic rings. The summed E-state index contributed by atoms with van der Waals surface area (Å²) in [5.41, 5.74) is 1.61. The van der Waals surface area contributed by atoms with Crippen LogP contribution in [0.4, 0.5) is 5.82 Å². The van der Waals surface area contributed by atoms with Gasteiger partial charge in [-0.1, -0.05) is 13.0 Å². The zero-order chi connectivity index (χ0) is 16.9. The number of nitrogens with zero attached hydrogens (tertiary/aromatic N) is 3. The van der Waals surface area contributed by atoms with Crippen LogP contribution in [-0.2, 0) is 0 Å². The van der Waals surface area contributed by atoms with Gasteiger partial charge in [0.25, 0.3) is 5.91 Å². The van der Waals surface area contributed by atoms with E-state index in [1.54, 1.807) is 12.4 Å². The van der Waals surface area contributed by atoms with E-state index in [0.717, 1.165) is 37.4 Å². The van der Waals surface area contributed by atoms with Crippen LogP contribution >= 0.6 is 0 Å². The zero-order valence-corrected chi connectivity index (χ0v) is 14.3. The number of hydrogen-bond donors (Lipinski definition) is 1. The first-order valence-electron chi connectivity index (χ1n) is 8.56. The first-order valence-corrected chi connectivity index (χ1v) is 8.56. The minimum Gasteiger partial charge on any atom is -0.362 e. The van der Waals surface area contributed by atoms with Crippen molar-refractivity contribution in [2.24, 2.45) is 5.92 Å². The van der Waals surface area contributed by atoms with Crippen molar-refractivity contribution in [3.8, 4) is 0 Å². The first-order chi connectivity index (χ1) is 11.6. The smallest absolute Gasteiger partial charge is 0.255 e. The molecule has 24 heavy (non-hydrogen) atoms. The fraction of sp³-hybridized carbons (Fsp3) is 0.421. The Bertz CT molecular complexity index is 664. The largest absolute Gasteiger partial charge is 0.362 e. The maximum atomic E-state index is 12.5. The number of nitrogens with one attached hydrogen (secondary N) is 1. The van der Waals surface area contributed by atoms with Crippen LogP contribution in [0.25, 0.3) is 0 Å². The Morgan fingerprint density at radius 3 is 2.62 bits per heavy atom. The molecule has 1 fully saturated rings. The van der Waals surface area contributed by atoms with Gasteiger partial charge < -0.3 is 10.2 Å². The Balaban J connectivity index is 1.62. The van der Waals surface area contributed by atoms with E-state index in [0.29, 0.717) is 11.5 Å². The zero-order valence-electron chi connectivity index (χ0n) is 14.3. The Kier molecular flexibility index (Phi) is 5.08. The molecule has 1 saturated heterocycles. The molecule has 1 aliphatic heterocycles. The molecule has 1 unspecified atom stereocenters. The average molecular weight is 324 g/mol. The second kappa shape index (κ2) is 7.43. The summed E-state index contributed by atoms with van der Waals surface area (Å²) in [4.78, 5) is 23.2. The van der Waals surface area contributed by atoms with E-state index >= 15 is 0 Å². The molecular weight excluding hydrogens is 300 g/mol. The van der Waals surface area contributed by atoms with Crippen molar-refractivity contribution >= 4 is 11.7 Å². The minimum atomic E-state index is 0.0591. The van der Waals surface area contributed by atoms with Crippen molar-refractivity contribution < 1.29 is 4.79 Å². The lowest BCUT2D eigenvalue weighted by atomic mass is 9.99. The standard InChI is InChI=1S/C19H24N4O/c1-14-8-11-23(12-9-14)19(24)16-6-7-18(21-13-16)22-15(2)17-5-3-4-10-20-17/h3-7,10,13-15H,8-9,11-12H2,1-2H3,(H,21,22). The van der Waals surface area contributed by atoms with Gasteiger partial charge in [-0.3, -0.25) is 9.78 Å². The monoisotopic (exact) mass is 324 g/mol. The van der Waals surface area contributed by atoms with Gasteiger partial charge in [0.15, 0.2) is 0 Å². The molecule has 0 bridgehead atoms. The van der Waals surface area contributed by atoms with E-state index in [2.05, 4.69) is 22.2 Å². The van der Waals surface area contributed by atoms with Crippen molar-refractivity contribution in [1.82, 2.24) is 14.9 Å². The van der Waals surface area contributed by atoms with Gasteiger partial charge in [-0.05, 0) is 49.9 Å². The molecule has 1 amide bonds. The summed E-state index contributed by atoms with van der Waals surface area (Å²) in [5.74, 6) is 1.54. The van der Waals surface area contributed by atoms with Gasteiger partial charge in [-0.25, -0.2) is 4.98 Å². The summed E-state index contributed by atoms with van der Waals surface area (Å²) in [6.07, 6.45) is 5.61. The molecular formula is C19H24N4O. The maximum absolute atomic E-state index is 12.5. The average Bonchev–Trinajstić information content (AvgIpc) is 2.63. The minimum absolute atomic E-state index is 0.0591. The molecule has 5 nitrogen and oxygen atoms in total. The van der Waals surface area contributed by atoms with Crippen LogP contribution < -0.4 is 5.32 Å². The summed E-state index contributed by atoms with van der Waals surface area (Å²) < 4.78 is 0. The second-order valence-electron chi connectivity index (χ2n) is 6.53. The number of rotatable bonds is 4. The summed E-state index contributed by atoms with van der Waals surface area (Å²) in [6.45, 7) is 5.97. The molecule has 1 atom stereocenters. The number of piperidine rings is 1. The highest BCUT2D eigenvalue weighted by Gasteiger charge is 2.21. The lowest BCUT2D eigenvalue weighted by molar-refractivity contribution is 0.0697. The van der Waals surface area contributed by atoms with Gasteiger partial charge >= 0.3 is 0 Å². The lowest BCUT2D eigenvalue weighted by Gasteiger charge is -2.30. The fourth-order valence-electron chi connectivity index (χ4n) is 2.93. The van der Waals surface area contributed by atoms with E-state index in [9.17, 15) is 4.79 Å². The van der Waals surface area contributed by atoms with Gasteiger partial charge in [0.1, 0.15) is 5.82 Å². The van der Waals surface area contributed by atoms with Crippen LogP contribution in [0, 0.1) is 5.92 Å². The highest BCUT2D eigenvalue weighted by molar-refractivity contribution is 5.94. The number of likely N-dealkylation sites (tertiary alicyclic amines) is 1. The molecule has 126 valence electrons. The van der Waals surface area contributed by atoms with Crippen LogP contribution in [-0.4, -0.2) is 33.9 Å². The predicted molar refractivity (Wildman–Crippen MR) is 94.8 cm³/mol. The van der Waals surface area contributed by atoms with Crippen molar-refractivity contribution in [2.45, 2.75) is 32.7 Å². The number of amides is 1. The normalized spacial score (nSPS) is 16.7. The predicted octanol–water partition coefficient (Wildman–Crippen LogP) is 3.52. The van der Waals surface area contributed by atoms with E-state index in [1.807, 2.05) is 42.2 Å². The lowest BCUT2D eigenvalue weighted by Crippen LogP contribution is -2.37. The van der Waals surface area contributed by atoms with Gasteiger partial charge in [0.2, 0.25) is 0 Å². The number of hydrogen-bond acceptors (Lipinski definition) is 4. The Labute approximate surface area is 143 Å². The summed E-state index contributed by atoms with van der Waals surface area (Å²) in [7, 11) is 0. The number of carbonyl (C=O) groups excluding carboxylic acids is 1. The van der Waals surface area contributed by atoms with E-state index in [-0.39, 0.29) is 11.9 Å². The maximum Gasteiger partial charge on any atom is 0.255 e. The molecule has 5 heteroatoms. The Hall–Kier alpha value is -2.43. The quantitative estimate of drug-likeness (QED) is 0.935. The van der Waals surface area contributed by atoms with Crippen LogP contribution in [0.15, 0.2) is 42.7 Å². The first kappa shape index (κ1) is 16.4. The third kappa shape index (κ3) is 3.91. The molecule has 1 aliphatic rings. The molecule has 0 aliphatic carbocycles. The van der Waals surface area contributed by atoms with Crippen molar-refractivity contribution in [3.63, 3.8) is 0 Å². The van der Waals surface area contributed by atoms with Crippen molar-refractivity contribution in [2.75, 3.05) is 18.4 Å². The molecule has 1 N–H and O–H groups in total. The summed E-state index contributed by atoms with van der Waals surface area (Å²) in [6, 6.07) is 9.61. The Morgan fingerprint density at radius 1 is 1.21 bits per heavy atom. The molecule has 0 aromatic carbocycles. The van der Waals surface area contributed by atoms with Crippen LogP contribution in [0.2, 0.25) is 0 Å². The molecule has 2 aromatic heterocycles. The van der Waals surface area contributed by atoms with Crippen LogP contribution in [0.5, 0.6) is 0 Å². The van der Waals surface area contributed by atoms with Crippen molar-refractivity contribution in [1.29, 1.82) is 0 Å². The third-order valence-corrected chi connectivity index (χ3v) is 4.58. The molecule has 3 heterocycles. The van der Waals surface area contributed by atoms with Gasteiger partial charge in [0, 0.05) is 25.5 Å². The second-order valence-corrected chi connectivity index (χ2v) is 6.53. The van der Waals surface area contributed by atoms with Crippen LogP contribution in [0.3, 0.4) is 0 Å². The topological polar surface area (TPSA) is 58.1 Å². The molecule has 0 radical (unpaired) electrons. The number of aromatic nitrogens is 2. The number of anilines is 1. The van der Waals surface area contributed by atoms with E-state index in [4.69, 9.17) is 0 Å². The van der Waals surface area contributed by atoms with Gasteiger partial charge in [0.05, 0.1) is 17.3 Å². The van der Waals surface area contributed by atoms with Crippen molar-refractivity contribution in [3.05, 3.63) is 54.0 Å². The van der Waals surface area contributed by atoms with E-state index < -0.39 is 0 Å². The summed E-state index contributed by atoms with van der Waals surface area (Å²) >= 11 is 0. The molecule has 0 saturated carbocycles. The molecule has 3 rings (SSSR count). The van der Waals surface area contributed by atoms with Gasteiger partial charge in [-0.2, -0.15) is 0 Å². The Morgan fingerprint density at radius 2 is 2.00 bits per heavy atom. The third-order valence-electron chi connectivity index (χ3n) is 4.58. The highest BCUT2D eigenvalue weighted by atomic mass is 16.2. The number of pyridine rings is 2. The fourth-order valence-corrected chi connectivity index (χ4v) is 2.93. The van der Waals surface area contributed by atoms with E-state index in [1.165, 1.54) is 0 Å². The van der Waals surface area contributed by atoms with Crippen LogP contribution in [0.1, 0.15) is 48.8 Å². The highest BCUT2D eigenvalue weighted by Crippen LogP contribution is 2.19. The summed E-state index contributed by atoms with van der Waals surface area (Å²) in [5, 5.41) is 3.31.